The first-order valence-corrected chi connectivity index (χ1v) is 4.44. The largest absolute Gasteiger partial charge is 0.296 e. The fraction of sp³-hybridized carbons (Fsp3) is 0.143. The van der Waals surface area contributed by atoms with Gasteiger partial charge < -0.3 is 0 Å². The van der Waals surface area contributed by atoms with E-state index in [0.717, 1.165) is 16.8 Å². The molecular formula is C7H7ClOS. The summed E-state index contributed by atoms with van der Waals surface area (Å²) in [6.45, 7) is 0.564. The third kappa shape index (κ3) is 2.60. The van der Waals surface area contributed by atoms with Crippen molar-refractivity contribution in [2.24, 2.45) is 0 Å². The van der Waals surface area contributed by atoms with Gasteiger partial charge in [-0.3, -0.25) is 4.18 Å². The highest BCUT2D eigenvalue weighted by Gasteiger charge is 1.88. The highest BCUT2D eigenvalue weighted by Crippen LogP contribution is 2.11. The van der Waals surface area contributed by atoms with Crippen molar-refractivity contribution in [1.82, 2.24) is 0 Å². The molecule has 0 spiro atoms. The Kier molecular flexibility index (Phi) is 3.65. The molecule has 0 fully saturated rings. The Hall–Kier alpha value is -0.180. The van der Waals surface area contributed by atoms with Gasteiger partial charge in [0.1, 0.15) is 11.3 Å². The molecule has 3 heteroatoms. The molecule has 0 atom stereocenters. The molecule has 0 bridgehead atoms. The van der Waals surface area contributed by atoms with E-state index >= 15 is 0 Å². The quantitative estimate of drug-likeness (QED) is 0.652. The summed E-state index contributed by atoms with van der Waals surface area (Å²) in [5.41, 5.74) is 1.13. The van der Waals surface area contributed by atoms with Gasteiger partial charge in [-0.25, -0.2) is 0 Å². The molecule has 1 rings (SSSR count). The molecule has 54 valence electrons. The first-order valence-electron chi connectivity index (χ1n) is 2.87. The Morgan fingerprint density at radius 2 is 2.00 bits per heavy atom. The molecule has 0 aromatic heterocycles. The fourth-order valence-electron chi connectivity index (χ4n) is 0.665. The summed E-state index contributed by atoms with van der Waals surface area (Å²) in [6, 6.07) is 9.90. The maximum absolute atomic E-state index is 5.25. The van der Waals surface area contributed by atoms with E-state index in [1.807, 2.05) is 30.3 Å². The fourth-order valence-corrected chi connectivity index (χ4v) is 0.979. The second kappa shape index (κ2) is 4.61. The molecule has 0 saturated carbocycles. The zero-order valence-corrected chi connectivity index (χ0v) is 6.86. The van der Waals surface area contributed by atoms with Crippen LogP contribution in [0.1, 0.15) is 5.56 Å². The number of hydrogen-bond acceptors (Lipinski definition) is 2. The Balaban J connectivity index is 2.43. The van der Waals surface area contributed by atoms with Crippen LogP contribution in [0.15, 0.2) is 30.3 Å². The van der Waals surface area contributed by atoms with E-state index in [9.17, 15) is 0 Å². The maximum Gasteiger partial charge on any atom is 0.103 e. The molecule has 10 heavy (non-hydrogen) atoms. The van der Waals surface area contributed by atoms with E-state index in [1.165, 1.54) is 0 Å². The average Bonchev–Trinajstić information content (AvgIpc) is 2.03. The summed E-state index contributed by atoms with van der Waals surface area (Å²) in [5, 5.41) is 0. The molecule has 0 N–H and O–H groups in total. The summed E-state index contributed by atoms with van der Waals surface area (Å²) in [6.07, 6.45) is 0. The average molecular weight is 175 g/mol. The van der Waals surface area contributed by atoms with Crippen molar-refractivity contribution in [3.05, 3.63) is 35.9 Å². The van der Waals surface area contributed by atoms with Crippen LogP contribution >= 0.6 is 21.9 Å². The standard InChI is InChI=1S/C7H7ClOS/c8-10-9-6-7-4-2-1-3-5-7/h1-5H,6H2. The Morgan fingerprint density at radius 1 is 1.30 bits per heavy atom. The van der Waals surface area contributed by atoms with E-state index in [0.29, 0.717) is 6.61 Å². The van der Waals surface area contributed by atoms with Crippen LogP contribution in [0, 0.1) is 0 Å². The van der Waals surface area contributed by atoms with Gasteiger partial charge >= 0.3 is 0 Å². The van der Waals surface area contributed by atoms with Crippen molar-refractivity contribution in [3.63, 3.8) is 0 Å². The molecule has 0 unspecified atom stereocenters. The van der Waals surface area contributed by atoms with Gasteiger partial charge in [-0.1, -0.05) is 30.3 Å². The van der Waals surface area contributed by atoms with E-state index in [1.54, 1.807) is 0 Å². The van der Waals surface area contributed by atoms with Gasteiger partial charge in [0.15, 0.2) is 0 Å². The minimum absolute atomic E-state index is 0.564. The number of benzene rings is 1. The molecular weight excluding hydrogens is 168 g/mol. The van der Waals surface area contributed by atoms with Crippen molar-refractivity contribution in [2.75, 3.05) is 0 Å². The van der Waals surface area contributed by atoms with Gasteiger partial charge in [0, 0.05) is 0 Å². The van der Waals surface area contributed by atoms with Crippen LogP contribution in [-0.2, 0) is 10.8 Å². The Labute approximate surface area is 69.0 Å². The van der Waals surface area contributed by atoms with Gasteiger partial charge in [0.25, 0.3) is 0 Å². The van der Waals surface area contributed by atoms with Crippen molar-refractivity contribution >= 4 is 21.9 Å². The minimum Gasteiger partial charge on any atom is -0.296 e. The molecule has 1 aromatic rings. The first kappa shape index (κ1) is 7.92. The number of rotatable bonds is 3. The van der Waals surface area contributed by atoms with Crippen molar-refractivity contribution in [1.29, 1.82) is 0 Å². The Bertz CT molecular complexity index is 178. The lowest BCUT2D eigenvalue weighted by Crippen LogP contribution is -1.81. The smallest absolute Gasteiger partial charge is 0.103 e. The van der Waals surface area contributed by atoms with Crippen LogP contribution in [0.25, 0.3) is 0 Å². The van der Waals surface area contributed by atoms with Crippen LogP contribution in [-0.4, -0.2) is 0 Å². The lowest BCUT2D eigenvalue weighted by molar-refractivity contribution is 0.369. The van der Waals surface area contributed by atoms with E-state index in [4.69, 9.17) is 14.9 Å². The van der Waals surface area contributed by atoms with Gasteiger partial charge in [-0.05, 0) is 16.2 Å². The third-order valence-electron chi connectivity index (χ3n) is 1.11. The summed E-state index contributed by atoms with van der Waals surface area (Å²) >= 11 is 0.869. The van der Waals surface area contributed by atoms with Gasteiger partial charge in [0.05, 0.1) is 6.61 Å². The zero-order chi connectivity index (χ0) is 7.23. The monoisotopic (exact) mass is 174 g/mol. The second-order valence-corrected chi connectivity index (χ2v) is 2.55. The van der Waals surface area contributed by atoms with Crippen LogP contribution in [0.5, 0.6) is 0 Å². The van der Waals surface area contributed by atoms with E-state index < -0.39 is 0 Å². The molecule has 0 aliphatic rings. The molecule has 1 aromatic carbocycles. The Morgan fingerprint density at radius 3 is 2.60 bits per heavy atom. The molecule has 0 amide bonds. The van der Waals surface area contributed by atoms with Crippen molar-refractivity contribution < 1.29 is 4.18 Å². The first-order chi connectivity index (χ1) is 4.93. The normalized spacial score (nSPS) is 9.70. The van der Waals surface area contributed by atoms with Crippen molar-refractivity contribution in [3.8, 4) is 0 Å². The van der Waals surface area contributed by atoms with Gasteiger partial charge in [-0.15, -0.1) is 0 Å². The summed E-state index contributed by atoms with van der Waals surface area (Å²) < 4.78 is 4.90. The molecule has 0 saturated heterocycles. The molecule has 0 heterocycles. The summed E-state index contributed by atoms with van der Waals surface area (Å²) in [5.74, 6) is 0. The van der Waals surface area contributed by atoms with Gasteiger partial charge in [0.2, 0.25) is 0 Å². The lowest BCUT2D eigenvalue weighted by atomic mass is 10.2. The zero-order valence-electron chi connectivity index (χ0n) is 5.29. The highest BCUT2D eigenvalue weighted by atomic mass is 35.7. The highest BCUT2D eigenvalue weighted by molar-refractivity contribution is 8.17. The molecule has 0 aliphatic carbocycles. The second-order valence-electron chi connectivity index (χ2n) is 1.81. The van der Waals surface area contributed by atoms with Crippen LogP contribution < -0.4 is 0 Å². The lowest BCUT2D eigenvalue weighted by Gasteiger charge is -1.96. The number of hydrogen-bond donors (Lipinski definition) is 0. The summed E-state index contributed by atoms with van der Waals surface area (Å²) in [7, 11) is 5.25. The number of halogens is 1. The molecule has 0 radical (unpaired) electrons. The van der Waals surface area contributed by atoms with E-state index in [-0.39, 0.29) is 0 Å². The van der Waals surface area contributed by atoms with Crippen LogP contribution in [0.3, 0.4) is 0 Å². The summed E-state index contributed by atoms with van der Waals surface area (Å²) in [4.78, 5) is 0. The van der Waals surface area contributed by atoms with Crippen molar-refractivity contribution in [2.45, 2.75) is 6.61 Å². The topological polar surface area (TPSA) is 9.23 Å². The predicted octanol–water partition coefficient (Wildman–Crippen LogP) is 3.01. The van der Waals surface area contributed by atoms with Crippen LogP contribution in [0.2, 0.25) is 0 Å². The van der Waals surface area contributed by atoms with E-state index in [2.05, 4.69) is 0 Å². The molecule has 1 nitrogen and oxygen atoms in total. The van der Waals surface area contributed by atoms with Gasteiger partial charge in [-0.2, -0.15) is 0 Å². The van der Waals surface area contributed by atoms with Crippen LogP contribution in [0.4, 0.5) is 0 Å². The molecule has 0 aliphatic heterocycles. The maximum atomic E-state index is 5.25. The third-order valence-corrected chi connectivity index (χ3v) is 1.59. The predicted molar refractivity (Wildman–Crippen MR) is 44.7 cm³/mol. The minimum atomic E-state index is 0.564. The SMILES string of the molecule is ClSOCc1ccccc1.